The van der Waals surface area contributed by atoms with E-state index in [1.165, 1.54) is 13.8 Å². The van der Waals surface area contributed by atoms with Crippen LogP contribution < -0.4 is 16.4 Å². The van der Waals surface area contributed by atoms with Crippen LogP contribution in [0.5, 0.6) is 0 Å². The van der Waals surface area contributed by atoms with Gasteiger partial charge in [0.25, 0.3) is 0 Å². The molecule has 1 saturated heterocycles. The molecule has 1 aliphatic heterocycles. The summed E-state index contributed by atoms with van der Waals surface area (Å²) in [6.45, 7) is 7.12. The van der Waals surface area contributed by atoms with Gasteiger partial charge in [-0.25, -0.2) is 28.6 Å². The topological polar surface area (TPSA) is 401 Å². The van der Waals surface area contributed by atoms with E-state index in [2.05, 4.69) is 47.6 Å². The molecule has 0 saturated carbocycles. The monoisotopic (exact) mass is 905 g/mol. The van der Waals surface area contributed by atoms with Crippen LogP contribution in [-0.2, 0) is 55.5 Å². The third-order valence-electron chi connectivity index (χ3n) is 7.77. The Bertz CT molecular complexity index is 2030. The average Bonchev–Trinajstić information content (AvgIpc) is 3.67. The van der Waals surface area contributed by atoms with Gasteiger partial charge < -0.3 is 56.0 Å². The summed E-state index contributed by atoms with van der Waals surface area (Å²) in [6, 6.07) is 0. The van der Waals surface area contributed by atoms with E-state index in [9.17, 15) is 62.7 Å². The minimum absolute atomic E-state index is 0.0164. The number of nitrogens with two attached hydrogens (primary N) is 1. The van der Waals surface area contributed by atoms with Crippen molar-refractivity contribution in [2.24, 2.45) is 5.41 Å². The number of fused-ring (bicyclic) bond motifs is 1. The highest BCUT2D eigenvalue weighted by molar-refractivity contribution is 8.14. The van der Waals surface area contributed by atoms with Crippen LogP contribution in [0.4, 0.5) is 5.82 Å². The molecule has 2 aromatic heterocycles. The van der Waals surface area contributed by atoms with Crippen molar-refractivity contribution in [3.8, 4) is 0 Å². The first-order chi connectivity index (χ1) is 26.7. The van der Waals surface area contributed by atoms with Gasteiger partial charge in [-0.3, -0.25) is 37.3 Å². The summed E-state index contributed by atoms with van der Waals surface area (Å²) in [5.74, 6) is -2.69. The van der Waals surface area contributed by atoms with Gasteiger partial charge in [-0.05, 0) is 5.57 Å². The van der Waals surface area contributed by atoms with Gasteiger partial charge >= 0.3 is 29.4 Å². The quantitative estimate of drug-likeness (QED) is 0.0284. The molecular formula is C28H42N7O19P3S. The third kappa shape index (κ3) is 14.4. The van der Waals surface area contributed by atoms with Crippen molar-refractivity contribution >= 4 is 75.1 Å². The lowest BCUT2D eigenvalue weighted by Gasteiger charge is -2.30. The summed E-state index contributed by atoms with van der Waals surface area (Å²) >= 11 is 0.780. The highest BCUT2D eigenvalue weighted by Gasteiger charge is 2.50. The Morgan fingerprint density at radius 1 is 1.05 bits per heavy atom. The Hall–Kier alpha value is -3.49. The average molecular weight is 906 g/mol. The van der Waals surface area contributed by atoms with Crippen LogP contribution in [-0.4, -0.2) is 134 Å². The fourth-order valence-corrected chi connectivity index (χ4v) is 8.33. The van der Waals surface area contributed by atoms with E-state index >= 15 is 0 Å². The Balaban J connectivity index is 1.47. The first-order valence-electron chi connectivity index (χ1n) is 16.4. The Labute approximate surface area is 332 Å². The summed E-state index contributed by atoms with van der Waals surface area (Å²) in [4.78, 5) is 98.4. The lowest BCUT2D eigenvalue weighted by molar-refractivity contribution is -0.137. The second kappa shape index (κ2) is 20.2. The number of anilines is 1. The van der Waals surface area contributed by atoms with E-state index < -0.39 is 102 Å². The van der Waals surface area contributed by atoms with Crippen molar-refractivity contribution in [1.29, 1.82) is 0 Å². The number of aliphatic hydroxyl groups is 2. The number of carboxylic acids is 1. The number of hydrogen-bond donors (Lipinski definition) is 10. The first kappa shape index (κ1) is 48.9. The predicted molar refractivity (Wildman–Crippen MR) is 198 cm³/mol. The van der Waals surface area contributed by atoms with E-state index in [4.69, 9.17) is 24.6 Å². The zero-order chi connectivity index (χ0) is 43.8. The number of imidazole rings is 1. The van der Waals surface area contributed by atoms with Gasteiger partial charge in [-0.2, -0.15) is 4.31 Å². The van der Waals surface area contributed by atoms with Gasteiger partial charge in [0.05, 0.1) is 26.0 Å². The molecule has 1 aliphatic rings. The maximum Gasteiger partial charge on any atom is 0.481 e. The van der Waals surface area contributed by atoms with Crippen molar-refractivity contribution in [2.45, 2.75) is 57.3 Å². The van der Waals surface area contributed by atoms with Gasteiger partial charge in [0.2, 0.25) is 16.9 Å². The molecule has 58 heavy (non-hydrogen) atoms. The number of carbonyl (C=O) groups excluding carboxylic acids is 3. The minimum Gasteiger partial charge on any atom is -0.481 e. The number of amides is 2. The maximum absolute atomic E-state index is 12.7. The van der Waals surface area contributed by atoms with Crippen molar-refractivity contribution in [3.05, 3.63) is 37.0 Å². The van der Waals surface area contributed by atoms with E-state index in [0.717, 1.165) is 29.0 Å². The largest absolute Gasteiger partial charge is 0.481 e. The molecule has 0 spiro atoms. The molecule has 324 valence electrons. The summed E-state index contributed by atoms with van der Waals surface area (Å²) in [5, 5.41) is 34.5. The normalized spacial score (nSPS) is 21.1. The molecule has 26 nitrogen and oxygen atoms in total. The van der Waals surface area contributed by atoms with E-state index in [0.29, 0.717) is 0 Å². The number of rotatable bonds is 23. The number of phosphoric acid groups is 3. The number of nitrogens with zero attached hydrogens (tertiary/aromatic N) is 4. The number of nitrogens with one attached hydrogen (secondary N) is 2. The van der Waals surface area contributed by atoms with Crippen LogP contribution in [0, 0.1) is 5.41 Å². The summed E-state index contributed by atoms with van der Waals surface area (Å²) in [5.41, 5.74) is 4.16. The molecule has 7 unspecified atom stereocenters. The predicted octanol–water partition coefficient (Wildman–Crippen LogP) is -0.748. The van der Waals surface area contributed by atoms with Gasteiger partial charge in [-0.15, -0.1) is 0 Å². The molecule has 3 heterocycles. The lowest BCUT2D eigenvalue weighted by atomic mass is 9.87. The Morgan fingerprint density at radius 2 is 1.71 bits per heavy atom. The molecule has 1 fully saturated rings. The molecular weight excluding hydrogens is 863 g/mol. The molecule has 0 bridgehead atoms. The number of carbonyl (C=O) groups is 4. The third-order valence-corrected chi connectivity index (χ3v) is 11.8. The van der Waals surface area contributed by atoms with Gasteiger partial charge in [0.1, 0.15) is 36.3 Å². The minimum atomic E-state index is -5.60. The van der Waals surface area contributed by atoms with Crippen LogP contribution in [0.2, 0.25) is 0 Å². The van der Waals surface area contributed by atoms with Crippen LogP contribution in [0.25, 0.3) is 11.2 Å². The van der Waals surface area contributed by atoms with Crippen molar-refractivity contribution < 1.29 is 90.4 Å². The molecule has 11 N–H and O–H groups in total. The number of nitrogen functional groups attached to an aromatic ring is 1. The van der Waals surface area contributed by atoms with Gasteiger partial charge in [0.15, 0.2) is 17.7 Å². The number of thioether (sulfide) groups is 1. The molecule has 2 aromatic rings. The molecule has 7 atom stereocenters. The van der Waals surface area contributed by atoms with Crippen LogP contribution in [0.1, 0.15) is 32.9 Å². The number of phosphoric ester groups is 3. The number of aliphatic hydroxyl groups excluding tert-OH is 2. The standard InChI is InChI=1S/C28H42N7O19P3S/c1-14(9-18(37)38)15(2)27(42)58-8-7-30-17(36)5-6-31-25(41)22(40)28(3,4)11-51-57(48,49)54-56(46,47)50-10-16-21(53-55(43,44)45)20(39)26(52-16)35-13-34-19-23(29)32-12-33-24(19)35/h12-13,16,20-22,26,39-40H,1-2,5-11H2,3-4H3,(H,30,36)(H,31,41)(H,37,38)(H,46,47)(H,48,49)(H2,29,32,33)(H2,43,44,45). The summed E-state index contributed by atoms with van der Waals surface area (Å²) < 4.78 is 62.0. The van der Waals surface area contributed by atoms with Crippen LogP contribution in [0.3, 0.4) is 0 Å². The molecule has 0 radical (unpaired) electrons. The van der Waals surface area contributed by atoms with Crippen molar-refractivity contribution in [3.63, 3.8) is 0 Å². The second-order valence-electron chi connectivity index (χ2n) is 12.9. The van der Waals surface area contributed by atoms with E-state index in [1.807, 2.05) is 0 Å². The number of carboxylic acid groups (broad SMARTS) is 1. The van der Waals surface area contributed by atoms with E-state index in [-0.39, 0.29) is 53.4 Å². The Kier molecular flexibility index (Phi) is 17.0. The fourth-order valence-electron chi connectivity index (χ4n) is 4.79. The number of ether oxygens (including phenoxy) is 1. The number of aromatic nitrogens is 4. The fraction of sp³-hybridized carbons (Fsp3) is 0.536. The molecule has 0 aliphatic carbocycles. The first-order valence-corrected chi connectivity index (χ1v) is 21.9. The summed E-state index contributed by atoms with van der Waals surface area (Å²) in [6.07, 6.45) is -7.60. The zero-order valence-corrected chi connectivity index (χ0v) is 34.1. The molecule has 3 rings (SSSR count). The van der Waals surface area contributed by atoms with Gasteiger partial charge in [-0.1, -0.05) is 38.8 Å². The Morgan fingerprint density at radius 3 is 2.34 bits per heavy atom. The zero-order valence-electron chi connectivity index (χ0n) is 30.6. The van der Waals surface area contributed by atoms with Crippen LogP contribution in [0.15, 0.2) is 37.0 Å². The molecule has 2 amide bonds. The smallest absolute Gasteiger partial charge is 0.481 e. The van der Waals surface area contributed by atoms with Crippen molar-refractivity contribution in [2.75, 3.05) is 37.8 Å². The van der Waals surface area contributed by atoms with Crippen LogP contribution >= 0.6 is 35.2 Å². The lowest BCUT2D eigenvalue weighted by Crippen LogP contribution is -2.46. The maximum atomic E-state index is 12.7. The highest BCUT2D eigenvalue weighted by Crippen LogP contribution is 2.61. The number of aliphatic carboxylic acids is 1. The second-order valence-corrected chi connectivity index (χ2v) is 18.2. The van der Waals surface area contributed by atoms with Gasteiger partial charge in [0, 0.05) is 36.3 Å². The molecule has 30 heteroatoms. The van der Waals surface area contributed by atoms with Crippen molar-refractivity contribution in [1.82, 2.24) is 30.2 Å². The van der Waals surface area contributed by atoms with E-state index in [1.54, 1.807) is 0 Å². The number of hydrogen-bond acceptors (Lipinski definition) is 19. The highest BCUT2D eigenvalue weighted by atomic mass is 32.2. The summed E-state index contributed by atoms with van der Waals surface area (Å²) in [7, 11) is -16.5. The molecule has 0 aromatic carbocycles. The SMILES string of the molecule is C=C(CC(=O)O)C(=C)C(=O)SCCNC(=O)CCNC(=O)C(O)C(C)(C)COP(=O)(O)OP(=O)(O)OCC1OC(n2cnc3c(N)ncnc32)C(O)C1OP(=O)(O)O.